The number of hydrazine groups is 1. The zero-order chi connectivity index (χ0) is 17.6. The van der Waals surface area contributed by atoms with Crippen LogP contribution >= 0.6 is 22.7 Å². The molecule has 0 aliphatic rings. The van der Waals surface area contributed by atoms with Crippen molar-refractivity contribution < 1.29 is 14.0 Å². The van der Waals surface area contributed by atoms with Gasteiger partial charge in [-0.25, -0.2) is 4.39 Å². The lowest BCUT2D eigenvalue weighted by molar-refractivity contribution is -0.121. The van der Waals surface area contributed by atoms with Crippen molar-refractivity contribution in [3.05, 3.63) is 69.5 Å². The molecule has 2 aromatic heterocycles. The number of amides is 2. The van der Waals surface area contributed by atoms with Gasteiger partial charge in [0, 0.05) is 16.2 Å². The molecule has 3 aromatic rings. The number of aryl methyl sites for hydroxylation is 1. The van der Waals surface area contributed by atoms with E-state index in [1.54, 1.807) is 35.6 Å². The number of thiophene rings is 2. The van der Waals surface area contributed by atoms with Crippen molar-refractivity contribution >= 4 is 34.5 Å². The number of carbonyl (C=O) groups is 2. The van der Waals surface area contributed by atoms with Gasteiger partial charge >= 0.3 is 0 Å². The van der Waals surface area contributed by atoms with E-state index in [-0.39, 0.29) is 17.6 Å². The maximum Gasteiger partial charge on any atom is 0.279 e. The molecular formula is C18H15FN2O2S2. The largest absolute Gasteiger partial charge is 0.279 e. The van der Waals surface area contributed by atoms with Gasteiger partial charge < -0.3 is 0 Å². The van der Waals surface area contributed by atoms with E-state index in [0.717, 1.165) is 15.3 Å². The summed E-state index contributed by atoms with van der Waals surface area (Å²) < 4.78 is 13.0. The first-order valence-corrected chi connectivity index (χ1v) is 9.29. The summed E-state index contributed by atoms with van der Waals surface area (Å²) in [4.78, 5) is 26.3. The fourth-order valence-electron chi connectivity index (χ4n) is 2.17. The van der Waals surface area contributed by atoms with Crippen molar-refractivity contribution in [2.24, 2.45) is 0 Å². The molecule has 0 aliphatic carbocycles. The average Bonchev–Trinajstić information content (AvgIpc) is 3.30. The Balaban J connectivity index is 1.51. The van der Waals surface area contributed by atoms with E-state index in [1.807, 2.05) is 17.5 Å². The second-order valence-corrected chi connectivity index (χ2v) is 7.37. The molecule has 0 saturated heterocycles. The molecule has 0 radical (unpaired) electrons. The molecule has 0 spiro atoms. The second-order valence-electron chi connectivity index (χ2n) is 5.25. The lowest BCUT2D eigenvalue weighted by atomic mass is 10.2. The van der Waals surface area contributed by atoms with Crippen LogP contribution in [0.1, 0.15) is 21.0 Å². The highest BCUT2D eigenvalue weighted by atomic mass is 32.1. The molecule has 0 unspecified atom stereocenters. The van der Waals surface area contributed by atoms with Gasteiger partial charge in [-0.3, -0.25) is 20.4 Å². The quantitative estimate of drug-likeness (QED) is 0.663. The van der Waals surface area contributed by atoms with Gasteiger partial charge in [-0.05, 0) is 47.7 Å². The second kappa shape index (κ2) is 8.04. The Morgan fingerprint density at radius 2 is 1.80 bits per heavy atom. The number of benzene rings is 1. The predicted octanol–water partition coefficient (Wildman–Crippen LogP) is 4.01. The number of nitrogens with one attached hydrogen (secondary N) is 2. The van der Waals surface area contributed by atoms with Crippen molar-refractivity contribution in [3.8, 4) is 10.4 Å². The van der Waals surface area contributed by atoms with Crippen molar-refractivity contribution in [2.75, 3.05) is 0 Å². The van der Waals surface area contributed by atoms with Crippen LogP contribution in [-0.4, -0.2) is 11.8 Å². The number of rotatable bonds is 5. The zero-order valence-corrected chi connectivity index (χ0v) is 14.8. The predicted molar refractivity (Wildman–Crippen MR) is 98.0 cm³/mol. The highest BCUT2D eigenvalue weighted by molar-refractivity contribution is 7.17. The molecule has 0 saturated carbocycles. The molecule has 128 valence electrons. The Labute approximate surface area is 152 Å². The third-order valence-corrected chi connectivity index (χ3v) is 5.52. The fraction of sp³-hybridized carbons (Fsp3) is 0.111. The summed E-state index contributed by atoms with van der Waals surface area (Å²) in [7, 11) is 0. The first-order valence-electron chi connectivity index (χ1n) is 7.59. The van der Waals surface area contributed by atoms with Gasteiger partial charge in [0.05, 0.1) is 4.88 Å². The van der Waals surface area contributed by atoms with Crippen LogP contribution in [0.15, 0.2) is 53.9 Å². The minimum absolute atomic E-state index is 0.239. The minimum Gasteiger partial charge on any atom is -0.273 e. The Morgan fingerprint density at radius 3 is 2.52 bits per heavy atom. The highest BCUT2D eigenvalue weighted by Crippen LogP contribution is 2.28. The monoisotopic (exact) mass is 374 g/mol. The molecule has 4 nitrogen and oxygen atoms in total. The zero-order valence-electron chi connectivity index (χ0n) is 13.1. The Morgan fingerprint density at radius 1 is 1.00 bits per heavy atom. The van der Waals surface area contributed by atoms with Crippen molar-refractivity contribution in [2.45, 2.75) is 12.8 Å². The standard InChI is InChI=1S/C18H15FN2O2S2/c19-13-5-3-12(4-6-13)15-8-9-16(25-15)18(23)21-20-17(22)10-7-14-2-1-11-24-14/h1-6,8-9,11H,7,10H2,(H,20,22)(H,21,23). The van der Waals surface area contributed by atoms with Crippen LogP contribution in [0.4, 0.5) is 4.39 Å². The van der Waals surface area contributed by atoms with Gasteiger partial charge in [0.25, 0.3) is 5.91 Å². The maximum atomic E-state index is 13.0. The topological polar surface area (TPSA) is 58.2 Å². The van der Waals surface area contributed by atoms with Gasteiger partial charge in [-0.2, -0.15) is 0 Å². The fourth-order valence-corrected chi connectivity index (χ4v) is 3.79. The summed E-state index contributed by atoms with van der Waals surface area (Å²) in [5.41, 5.74) is 5.68. The minimum atomic E-state index is -0.372. The third-order valence-electron chi connectivity index (χ3n) is 3.45. The molecule has 2 heterocycles. The first kappa shape index (κ1) is 17.3. The molecule has 2 amide bonds. The summed E-state index contributed by atoms with van der Waals surface area (Å²) in [5.74, 6) is -0.913. The molecule has 2 N–H and O–H groups in total. The highest BCUT2D eigenvalue weighted by Gasteiger charge is 2.11. The summed E-state index contributed by atoms with van der Waals surface area (Å²) in [6.45, 7) is 0. The SMILES string of the molecule is O=C(CCc1cccs1)NNC(=O)c1ccc(-c2ccc(F)cc2)s1. The average molecular weight is 374 g/mol. The van der Waals surface area contributed by atoms with Gasteiger partial charge in [0.2, 0.25) is 5.91 Å². The molecule has 3 rings (SSSR count). The number of carbonyl (C=O) groups excluding carboxylic acids is 2. The van der Waals surface area contributed by atoms with Crippen LogP contribution in [0, 0.1) is 5.82 Å². The summed E-state index contributed by atoms with van der Waals surface area (Å²) in [6, 6.07) is 13.5. The van der Waals surface area contributed by atoms with Crippen LogP contribution in [0.2, 0.25) is 0 Å². The lowest BCUT2D eigenvalue weighted by Crippen LogP contribution is -2.41. The van der Waals surface area contributed by atoms with Crippen molar-refractivity contribution in [1.29, 1.82) is 0 Å². The third kappa shape index (κ3) is 4.74. The van der Waals surface area contributed by atoms with Gasteiger partial charge in [0.1, 0.15) is 5.82 Å². The summed E-state index contributed by atoms with van der Waals surface area (Å²) in [6.07, 6.45) is 0.957. The van der Waals surface area contributed by atoms with E-state index in [2.05, 4.69) is 10.9 Å². The number of halogens is 1. The molecule has 0 aliphatic heterocycles. The Hall–Kier alpha value is -2.51. The smallest absolute Gasteiger partial charge is 0.273 e. The van der Waals surface area contributed by atoms with E-state index < -0.39 is 0 Å². The molecule has 7 heteroatoms. The molecular weight excluding hydrogens is 359 g/mol. The van der Waals surface area contributed by atoms with E-state index in [1.165, 1.54) is 23.5 Å². The van der Waals surface area contributed by atoms with Crippen LogP contribution < -0.4 is 10.9 Å². The van der Waals surface area contributed by atoms with Gasteiger partial charge in [-0.1, -0.05) is 18.2 Å². The van der Waals surface area contributed by atoms with Gasteiger partial charge in [0.15, 0.2) is 0 Å². The first-order chi connectivity index (χ1) is 12.1. The van der Waals surface area contributed by atoms with E-state index in [4.69, 9.17) is 0 Å². The van der Waals surface area contributed by atoms with E-state index in [0.29, 0.717) is 17.7 Å². The molecule has 0 atom stereocenters. The molecule has 0 bridgehead atoms. The summed E-state index contributed by atoms with van der Waals surface area (Å²) in [5, 5.41) is 1.96. The Kier molecular flexibility index (Phi) is 5.57. The summed E-state index contributed by atoms with van der Waals surface area (Å²) >= 11 is 2.88. The number of hydrogen-bond acceptors (Lipinski definition) is 4. The maximum absolute atomic E-state index is 13.0. The van der Waals surface area contributed by atoms with E-state index >= 15 is 0 Å². The van der Waals surface area contributed by atoms with Crippen LogP contribution in [0.25, 0.3) is 10.4 Å². The Bertz CT molecular complexity index is 858. The van der Waals surface area contributed by atoms with E-state index in [9.17, 15) is 14.0 Å². The van der Waals surface area contributed by atoms with Crippen LogP contribution in [0.5, 0.6) is 0 Å². The lowest BCUT2D eigenvalue weighted by Gasteiger charge is -2.05. The van der Waals surface area contributed by atoms with Crippen molar-refractivity contribution in [3.63, 3.8) is 0 Å². The molecule has 1 aromatic carbocycles. The molecule has 25 heavy (non-hydrogen) atoms. The van der Waals surface area contributed by atoms with Crippen molar-refractivity contribution in [1.82, 2.24) is 10.9 Å². The van der Waals surface area contributed by atoms with Gasteiger partial charge in [-0.15, -0.1) is 22.7 Å². The normalized spacial score (nSPS) is 10.4. The van der Waals surface area contributed by atoms with Crippen LogP contribution in [0.3, 0.4) is 0 Å². The number of hydrogen-bond donors (Lipinski definition) is 2. The van der Waals surface area contributed by atoms with Crippen LogP contribution in [-0.2, 0) is 11.2 Å². The molecule has 0 fully saturated rings.